The average Bonchev–Trinajstić information content (AvgIpc) is 3.24. The minimum Gasteiger partial charge on any atom is -0.338 e. The highest BCUT2D eigenvalue weighted by Gasteiger charge is 2.24. The lowest BCUT2D eigenvalue weighted by atomic mass is 10.0. The van der Waals surface area contributed by atoms with E-state index >= 15 is 0 Å². The van der Waals surface area contributed by atoms with Gasteiger partial charge in [-0.3, -0.25) is 4.79 Å². The standard InChI is InChI=1S/C15H17NO/c17-15(14-4-2-1-3-5-14)16-10-8-13(9-11-16)12-6-7-12/h1-5H,6-11H2. The van der Waals surface area contributed by atoms with Gasteiger partial charge in [-0.1, -0.05) is 29.3 Å². The molecule has 1 saturated heterocycles. The maximum Gasteiger partial charge on any atom is 0.253 e. The molecule has 0 radical (unpaired) electrons. The zero-order chi connectivity index (χ0) is 11.7. The van der Waals surface area contributed by atoms with Crippen molar-refractivity contribution in [2.24, 2.45) is 0 Å². The molecule has 2 heteroatoms. The van der Waals surface area contributed by atoms with E-state index in [1.807, 2.05) is 35.2 Å². The number of nitrogens with zero attached hydrogens (tertiary/aromatic N) is 1. The van der Waals surface area contributed by atoms with Crippen molar-refractivity contribution < 1.29 is 4.79 Å². The molecule has 0 N–H and O–H groups in total. The lowest BCUT2D eigenvalue weighted by Crippen LogP contribution is -2.36. The summed E-state index contributed by atoms with van der Waals surface area (Å²) in [6, 6.07) is 9.60. The van der Waals surface area contributed by atoms with E-state index < -0.39 is 0 Å². The van der Waals surface area contributed by atoms with Crippen LogP contribution in [0.5, 0.6) is 0 Å². The second-order valence-corrected chi connectivity index (χ2v) is 4.87. The van der Waals surface area contributed by atoms with Gasteiger partial charge in [-0.15, -0.1) is 0 Å². The van der Waals surface area contributed by atoms with Crippen molar-refractivity contribution in [2.75, 3.05) is 13.1 Å². The van der Waals surface area contributed by atoms with E-state index in [2.05, 4.69) is 0 Å². The monoisotopic (exact) mass is 227 g/mol. The molecule has 1 aliphatic heterocycles. The Labute approximate surface area is 102 Å². The van der Waals surface area contributed by atoms with Crippen LogP contribution in [-0.4, -0.2) is 23.9 Å². The molecule has 1 aromatic rings. The van der Waals surface area contributed by atoms with Gasteiger partial charge in [0.25, 0.3) is 5.91 Å². The summed E-state index contributed by atoms with van der Waals surface area (Å²) in [5.74, 6) is 0.186. The lowest BCUT2D eigenvalue weighted by molar-refractivity contribution is 0.0743. The van der Waals surface area contributed by atoms with E-state index in [1.165, 1.54) is 12.8 Å². The highest BCUT2D eigenvalue weighted by molar-refractivity contribution is 5.94. The van der Waals surface area contributed by atoms with Crippen LogP contribution in [0.4, 0.5) is 0 Å². The summed E-state index contributed by atoms with van der Waals surface area (Å²) in [6.07, 6.45) is 4.80. The van der Waals surface area contributed by atoms with Crippen LogP contribution in [0.1, 0.15) is 36.0 Å². The molecule has 2 nitrogen and oxygen atoms in total. The van der Waals surface area contributed by atoms with Gasteiger partial charge >= 0.3 is 0 Å². The van der Waals surface area contributed by atoms with Crippen molar-refractivity contribution in [3.8, 4) is 0 Å². The van der Waals surface area contributed by atoms with Crippen molar-refractivity contribution in [1.82, 2.24) is 4.90 Å². The minimum absolute atomic E-state index is 0.186. The van der Waals surface area contributed by atoms with Crippen LogP contribution in [-0.2, 0) is 0 Å². The molecule has 88 valence electrons. The lowest BCUT2D eigenvalue weighted by Gasteiger charge is -2.28. The summed E-state index contributed by atoms with van der Waals surface area (Å²) in [7, 11) is 0. The number of piperidine rings is 1. The second kappa shape index (κ2) is 4.36. The maximum atomic E-state index is 12.2. The first-order valence-electron chi connectivity index (χ1n) is 6.39. The number of allylic oxidation sites excluding steroid dienone is 1. The third kappa shape index (κ3) is 2.26. The molecule has 2 fully saturated rings. The molecule has 1 amide bonds. The molecule has 2 aliphatic rings. The molecule has 0 unspecified atom stereocenters. The number of carbonyl (C=O) groups excluding carboxylic acids is 1. The number of carbonyl (C=O) groups is 1. The van der Waals surface area contributed by atoms with Gasteiger partial charge in [0.05, 0.1) is 0 Å². The van der Waals surface area contributed by atoms with Crippen LogP contribution in [0.25, 0.3) is 0 Å². The van der Waals surface area contributed by atoms with Crippen LogP contribution in [0.3, 0.4) is 0 Å². The first-order valence-corrected chi connectivity index (χ1v) is 6.39. The second-order valence-electron chi connectivity index (χ2n) is 4.87. The Hall–Kier alpha value is -1.57. The van der Waals surface area contributed by atoms with Crippen LogP contribution in [0.15, 0.2) is 41.5 Å². The van der Waals surface area contributed by atoms with Crippen LogP contribution < -0.4 is 0 Å². The molecule has 1 saturated carbocycles. The molecule has 17 heavy (non-hydrogen) atoms. The zero-order valence-electron chi connectivity index (χ0n) is 9.98. The normalized spacial score (nSPS) is 19.4. The highest BCUT2D eigenvalue weighted by atomic mass is 16.2. The number of hydrogen-bond donors (Lipinski definition) is 0. The van der Waals surface area contributed by atoms with Gasteiger partial charge in [0.15, 0.2) is 0 Å². The summed E-state index contributed by atoms with van der Waals surface area (Å²) >= 11 is 0. The summed E-state index contributed by atoms with van der Waals surface area (Å²) in [4.78, 5) is 14.2. The number of amides is 1. The highest BCUT2D eigenvalue weighted by Crippen LogP contribution is 2.36. The quantitative estimate of drug-likeness (QED) is 0.675. The maximum absolute atomic E-state index is 12.2. The summed E-state index contributed by atoms with van der Waals surface area (Å²) in [5, 5.41) is 0. The first-order chi connectivity index (χ1) is 8.34. The van der Waals surface area contributed by atoms with Crippen molar-refractivity contribution in [2.45, 2.75) is 25.7 Å². The molecule has 0 atom stereocenters. The molecule has 0 spiro atoms. The van der Waals surface area contributed by atoms with Gasteiger partial charge in [-0.25, -0.2) is 0 Å². The number of benzene rings is 1. The fourth-order valence-electron chi connectivity index (χ4n) is 2.51. The van der Waals surface area contributed by atoms with E-state index in [9.17, 15) is 4.79 Å². The summed E-state index contributed by atoms with van der Waals surface area (Å²) < 4.78 is 0. The fourth-order valence-corrected chi connectivity index (χ4v) is 2.51. The molecule has 0 bridgehead atoms. The Morgan fingerprint density at radius 2 is 1.47 bits per heavy atom. The Bertz CT molecular complexity index is 445. The fraction of sp³-hybridized carbons (Fsp3) is 0.400. The predicted octanol–water partition coefficient (Wildman–Crippen LogP) is 3.01. The van der Waals surface area contributed by atoms with Gasteiger partial charge in [0.1, 0.15) is 0 Å². The van der Waals surface area contributed by atoms with E-state index in [0.717, 1.165) is 31.5 Å². The number of rotatable bonds is 1. The van der Waals surface area contributed by atoms with Crippen molar-refractivity contribution in [3.05, 3.63) is 47.0 Å². The molecule has 1 aliphatic carbocycles. The van der Waals surface area contributed by atoms with Crippen LogP contribution in [0.2, 0.25) is 0 Å². The van der Waals surface area contributed by atoms with Gasteiger partial charge in [0.2, 0.25) is 0 Å². The van der Waals surface area contributed by atoms with Gasteiger partial charge < -0.3 is 4.90 Å². The van der Waals surface area contributed by atoms with E-state index in [-0.39, 0.29) is 5.91 Å². The Balaban J connectivity index is 1.67. The van der Waals surface area contributed by atoms with Crippen LogP contribution in [0, 0.1) is 0 Å². The molecule has 3 rings (SSSR count). The molecule has 0 aromatic heterocycles. The molecular weight excluding hydrogens is 210 g/mol. The Kier molecular flexibility index (Phi) is 2.71. The zero-order valence-corrected chi connectivity index (χ0v) is 9.98. The van der Waals surface area contributed by atoms with Gasteiger partial charge in [-0.2, -0.15) is 0 Å². The van der Waals surface area contributed by atoms with Crippen LogP contribution >= 0.6 is 0 Å². The third-order valence-corrected chi connectivity index (χ3v) is 3.67. The smallest absolute Gasteiger partial charge is 0.253 e. The van der Waals surface area contributed by atoms with Crippen molar-refractivity contribution in [1.29, 1.82) is 0 Å². The van der Waals surface area contributed by atoms with E-state index in [4.69, 9.17) is 0 Å². The predicted molar refractivity (Wildman–Crippen MR) is 67.8 cm³/mol. The average molecular weight is 227 g/mol. The van der Waals surface area contributed by atoms with Crippen molar-refractivity contribution >= 4 is 5.91 Å². The third-order valence-electron chi connectivity index (χ3n) is 3.67. The Morgan fingerprint density at radius 3 is 2.06 bits per heavy atom. The molecular formula is C15H17NO. The van der Waals surface area contributed by atoms with Gasteiger partial charge in [-0.05, 0) is 37.8 Å². The van der Waals surface area contributed by atoms with Crippen molar-refractivity contribution in [3.63, 3.8) is 0 Å². The first kappa shape index (κ1) is 10.6. The van der Waals surface area contributed by atoms with E-state index in [0.29, 0.717) is 0 Å². The van der Waals surface area contributed by atoms with Gasteiger partial charge in [0, 0.05) is 18.7 Å². The SMILES string of the molecule is O=C(c1ccccc1)N1CCC(=C2CC2)CC1. The topological polar surface area (TPSA) is 20.3 Å². The number of likely N-dealkylation sites (tertiary alicyclic amines) is 1. The summed E-state index contributed by atoms with van der Waals surface area (Å²) in [6.45, 7) is 1.79. The minimum atomic E-state index is 0.186. The largest absolute Gasteiger partial charge is 0.338 e. The number of hydrogen-bond acceptors (Lipinski definition) is 1. The summed E-state index contributed by atoms with van der Waals surface area (Å²) in [5.41, 5.74) is 4.11. The van der Waals surface area contributed by atoms with E-state index in [1.54, 1.807) is 11.1 Å². The molecule has 1 aromatic carbocycles. The molecule has 1 heterocycles. The Morgan fingerprint density at radius 1 is 0.882 bits per heavy atom.